The van der Waals surface area contributed by atoms with Crippen LogP contribution in [0.25, 0.3) is 0 Å². The van der Waals surface area contributed by atoms with Crippen LogP contribution >= 0.6 is 0 Å². The first kappa shape index (κ1) is 11.0. The van der Waals surface area contributed by atoms with E-state index in [0.29, 0.717) is 5.69 Å². The van der Waals surface area contributed by atoms with Gasteiger partial charge in [0.25, 0.3) is 0 Å². The molecule has 3 heterocycles. The van der Waals surface area contributed by atoms with E-state index in [1.54, 1.807) is 6.20 Å². The summed E-state index contributed by atoms with van der Waals surface area (Å²) in [4.78, 5) is 11.0. The summed E-state index contributed by atoms with van der Waals surface area (Å²) in [6, 6.07) is 0.0905. The zero-order chi connectivity index (χ0) is 12.5. The molecule has 1 atom stereocenters. The molecule has 0 amide bonds. The molecule has 1 aliphatic heterocycles. The van der Waals surface area contributed by atoms with Crippen LogP contribution in [-0.4, -0.2) is 32.8 Å². The SMILES string of the molecule is CC(c1cnc(N2CCC2)nc1)n1cc(N)cn1. The zero-order valence-electron chi connectivity index (χ0n) is 10.3. The lowest BCUT2D eigenvalue weighted by molar-refractivity contribution is 0.557. The van der Waals surface area contributed by atoms with Crippen LogP contribution in [-0.2, 0) is 0 Å². The molecule has 0 spiro atoms. The third kappa shape index (κ3) is 1.90. The van der Waals surface area contributed by atoms with Crippen molar-refractivity contribution in [2.75, 3.05) is 23.7 Å². The maximum absolute atomic E-state index is 5.66. The highest BCUT2D eigenvalue weighted by Gasteiger charge is 2.17. The van der Waals surface area contributed by atoms with Crippen molar-refractivity contribution in [1.82, 2.24) is 19.7 Å². The Morgan fingerprint density at radius 3 is 2.44 bits per heavy atom. The molecule has 6 nitrogen and oxygen atoms in total. The summed E-state index contributed by atoms with van der Waals surface area (Å²) in [6.07, 6.45) is 8.42. The summed E-state index contributed by atoms with van der Waals surface area (Å²) in [7, 11) is 0. The van der Waals surface area contributed by atoms with Crippen LogP contribution < -0.4 is 10.6 Å². The second-order valence-electron chi connectivity index (χ2n) is 4.59. The molecule has 6 heteroatoms. The lowest BCUT2D eigenvalue weighted by atomic mass is 10.2. The van der Waals surface area contributed by atoms with Gasteiger partial charge in [-0.05, 0) is 13.3 Å². The molecule has 2 N–H and O–H groups in total. The maximum atomic E-state index is 5.66. The van der Waals surface area contributed by atoms with E-state index in [2.05, 4.69) is 26.9 Å². The molecule has 2 aromatic rings. The van der Waals surface area contributed by atoms with E-state index in [9.17, 15) is 0 Å². The Hall–Kier alpha value is -2.11. The first-order valence-corrected chi connectivity index (χ1v) is 6.10. The Morgan fingerprint density at radius 2 is 1.94 bits per heavy atom. The summed E-state index contributed by atoms with van der Waals surface area (Å²) >= 11 is 0. The van der Waals surface area contributed by atoms with E-state index in [1.807, 2.05) is 23.3 Å². The summed E-state index contributed by atoms with van der Waals surface area (Å²) in [6.45, 7) is 4.17. The van der Waals surface area contributed by atoms with Crippen LogP contribution in [0.3, 0.4) is 0 Å². The summed E-state index contributed by atoms with van der Waals surface area (Å²) in [5, 5.41) is 4.20. The Kier molecular flexibility index (Phi) is 2.62. The highest BCUT2D eigenvalue weighted by molar-refractivity contribution is 5.34. The Labute approximate surface area is 105 Å². The van der Waals surface area contributed by atoms with Crippen LogP contribution in [0.4, 0.5) is 11.6 Å². The van der Waals surface area contributed by atoms with Crippen LogP contribution in [0.5, 0.6) is 0 Å². The van der Waals surface area contributed by atoms with Crippen LogP contribution in [0, 0.1) is 0 Å². The fraction of sp³-hybridized carbons (Fsp3) is 0.417. The molecular weight excluding hydrogens is 228 g/mol. The first-order valence-electron chi connectivity index (χ1n) is 6.10. The average Bonchev–Trinajstić information content (AvgIpc) is 2.74. The van der Waals surface area contributed by atoms with E-state index >= 15 is 0 Å². The van der Waals surface area contributed by atoms with Gasteiger partial charge in [-0.15, -0.1) is 0 Å². The Bertz CT molecular complexity index is 528. The largest absolute Gasteiger partial charge is 0.396 e. The van der Waals surface area contributed by atoms with Gasteiger partial charge in [0.2, 0.25) is 5.95 Å². The van der Waals surface area contributed by atoms with E-state index in [-0.39, 0.29) is 6.04 Å². The maximum Gasteiger partial charge on any atom is 0.225 e. The molecule has 1 unspecified atom stereocenters. The van der Waals surface area contributed by atoms with Crippen molar-refractivity contribution in [1.29, 1.82) is 0 Å². The van der Waals surface area contributed by atoms with Gasteiger partial charge in [0.05, 0.1) is 17.9 Å². The van der Waals surface area contributed by atoms with Crippen molar-refractivity contribution in [3.05, 3.63) is 30.4 Å². The van der Waals surface area contributed by atoms with Gasteiger partial charge in [0.15, 0.2) is 0 Å². The van der Waals surface area contributed by atoms with Gasteiger partial charge in [0, 0.05) is 37.2 Å². The number of nitrogen functional groups attached to an aromatic ring is 1. The molecule has 0 radical (unpaired) electrons. The van der Waals surface area contributed by atoms with E-state index in [4.69, 9.17) is 5.73 Å². The van der Waals surface area contributed by atoms with Crippen molar-refractivity contribution < 1.29 is 0 Å². The fourth-order valence-electron chi connectivity index (χ4n) is 1.94. The summed E-state index contributed by atoms with van der Waals surface area (Å²) in [5.74, 6) is 0.817. The molecule has 1 fully saturated rings. The molecule has 1 saturated heterocycles. The Morgan fingerprint density at radius 1 is 1.22 bits per heavy atom. The van der Waals surface area contributed by atoms with E-state index in [1.165, 1.54) is 6.42 Å². The number of anilines is 2. The monoisotopic (exact) mass is 244 g/mol. The van der Waals surface area contributed by atoms with Crippen LogP contribution in [0.15, 0.2) is 24.8 Å². The van der Waals surface area contributed by atoms with Gasteiger partial charge >= 0.3 is 0 Å². The quantitative estimate of drug-likeness (QED) is 0.874. The number of nitrogens with zero attached hydrogens (tertiary/aromatic N) is 5. The second-order valence-corrected chi connectivity index (χ2v) is 4.59. The standard InChI is InChI=1S/C12H16N6/c1-9(18-8-11(13)7-16-18)10-5-14-12(15-6-10)17-3-2-4-17/h5-9H,2-4,13H2,1H3. The predicted octanol–water partition coefficient (Wildman–Crippen LogP) is 1.07. The van der Waals surface area contributed by atoms with Gasteiger partial charge in [-0.25, -0.2) is 9.97 Å². The van der Waals surface area contributed by atoms with Crippen molar-refractivity contribution in [2.45, 2.75) is 19.4 Å². The van der Waals surface area contributed by atoms with Crippen molar-refractivity contribution >= 4 is 11.6 Å². The van der Waals surface area contributed by atoms with Gasteiger partial charge in [-0.2, -0.15) is 5.10 Å². The molecule has 3 rings (SSSR count). The molecule has 1 aliphatic rings. The fourth-order valence-corrected chi connectivity index (χ4v) is 1.94. The topological polar surface area (TPSA) is 72.9 Å². The van der Waals surface area contributed by atoms with Gasteiger partial charge in [-0.1, -0.05) is 0 Å². The number of hydrogen-bond acceptors (Lipinski definition) is 5. The average molecular weight is 244 g/mol. The highest BCUT2D eigenvalue weighted by atomic mass is 15.3. The molecule has 0 aliphatic carbocycles. The zero-order valence-corrected chi connectivity index (χ0v) is 10.3. The minimum absolute atomic E-state index is 0.0905. The lowest BCUT2D eigenvalue weighted by Gasteiger charge is -2.30. The highest BCUT2D eigenvalue weighted by Crippen LogP contribution is 2.19. The second kappa shape index (κ2) is 4.29. The van der Waals surface area contributed by atoms with Crippen molar-refractivity contribution in [2.24, 2.45) is 0 Å². The molecule has 18 heavy (non-hydrogen) atoms. The van der Waals surface area contributed by atoms with Crippen LogP contribution in [0.1, 0.15) is 24.9 Å². The minimum atomic E-state index is 0.0905. The molecule has 0 aromatic carbocycles. The van der Waals surface area contributed by atoms with Gasteiger partial charge in [-0.3, -0.25) is 4.68 Å². The van der Waals surface area contributed by atoms with Crippen molar-refractivity contribution in [3.8, 4) is 0 Å². The Balaban J connectivity index is 1.79. The summed E-state index contributed by atoms with van der Waals surface area (Å²) < 4.78 is 1.82. The van der Waals surface area contributed by atoms with E-state index < -0.39 is 0 Å². The van der Waals surface area contributed by atoms with Gasteiger partial charge in [0.1, 0.15) is 0 Å². The van der Waals surface area contributed by atoms with E-state index in [0.717, 1.165) is 24.6 Å². The molecule has 0 saturated carbocycles. The molecule has 2 aromatic heterocycles. The van der Waals surface area contributed by atoms with Gasteiger partial charge < -0.3 is 10.6 Å². The molecular formula is C12H16N6. The first-order chi connectivity index (χ1) is 8.74. The normalized spacial score (nSPS) is 16.4. The lowest BCUT2D eigenvalue weighted by Crippen LogP contribution is -2.38. The molecule has 94 valence electrons. The number of rotatable bonds is 3. The molecule has 0 bridgehead atoms. The number of hydrogen-bond donors (Lipinski definition) is 1. The smallest absolute Gasteiger partial charge is 0.225 e. The van der Waals surface area contributed by atoms with Crippen molar-refractivity contribution in [3.63, 3.8) is 0 Å². The third-order valence-electron chi connectivity index (χ3n) is 3.30. The number of aromatic nitrogens is 4. The third-order valence-corrected chi connectivity index (χ3v) is 3.30. The minimum Gasteiger partial charge on any atom is -0.396 e. The summed E-state index contributed by atoms with van der Waals surface area (Å²) in [5.41, 5.74) is 7.36. The predicted molar refractivity (Wildman–Crippen MR) is 69.3 cm³/mol. The van der Waals surface area contributed by atoms with Crippen LogP contribution in [0.2, 0.25) is 0 Å². The number of nitrogens with two attached hydrogens (primary N) is 1.